The van der Waals surface area contributed by atoms with Crippen molar-refractivity contribution in [2.24, 2.45) is 5.92 Å². The van der Waals surface area contributed by atoms with E-state index >= 15 is 0 Å². The van der Waals surface area contributed by atoms with Gasteiger partial charge in [0.05, 0.1) is 6.07 Å². The number of nitrogens with one attached hydrogen (secondary N) is 1. The van der Waals surface area contributed by atoms with E-state index < -0.39 is 5.92 Å². The summed E-state index contributed by atoms with van der Waals surface area (Å²) in [5, 5.41) is 11.5. The number of nitrogens with zero attached hydrogens (tertiary/aromatic N) is 2. The van der Waals surface area contributed by atoms with Crippen LogP contribution in [0.2, 0.25) is 0 Å². The van der Waals surface area contributed by atoms with Gasteiger partial charge >= 0.3 is 0 Å². The van der Waals surface area contributed by atoms with E-state index in [1.54, 1.807) is 6.92 Å². The lowest BCUT2D eigenvalue weighted by atomic mass is 10.1. The molecule has 2 unspecified atom stereocenters. The van der Waals surface area contributed by atoms with Gasteiger partial charge in [-0.05, 0) is 46.3 Å². The van der Waals surface area contributed by atoms with E-state index in [4.69, 9.17) is 5.26 Å². The van der Waals surface area contributed by atoms with Gasteiger partial charge in [-0.1, -0.05) is 13.8 Å². The molecular weight excluding hydrogens is 214 g/mol. The maximum atomic E-state index is 11.4. The van der Waals surface area contributed by atoms with Crippen molar-refractivity contribution in [3.63, 3.8) is 0 Å². The van der Waals surface area contributed by atoms with E-state index in [2.05, 4.69) is 24.1 Å². The van der Waals surface area contributed by atoms with E-state index in [1.807, 2.05) is 13.0 Å². The Bertz CT molecular complexity index is 256. The quantitative estimate of drug-likeness (QED) is 0.702. The van der Waals surface area contributed by atoms with Crippen LogP contribution in [0.4, 0.5) is 0 Å². The summed E-state index contributed by atoms with van der Waals surface area (Å²) in [7, 11) is 0. The highest BCUT2D eigenvalue weighted by Gasteiger charge is 2.14. The van der Waals surface area contributed by atoms with Crippen molar-refractivity contribution in [3.05, 3.63) is 0 Å². The van der Waals surface area contributed by atoms with Gasteiger partial charge in [0.25, 0.3) is 0 Å². The Morgan fingerprint density at radius 2 is 1.94 bits per heavy atom. The molecule has 17 heavy (non-hydrogen) atoms. The Morgan fingerprint density at radius 3 is 2.41 bits per heavy atom. The lowest BCUT2D eigenvalue weighted by Crippen LogP contribution is -2.36. The van der Waals surface area contributed by atoms with Gasteiger partial charge in [0.2, 0.25) is 5.91 Å². The van der Waals surface area contributed by atoms with Gasteiger partial charge < -0.3 is 10.2 Å². The lowest BCUT2D eigenvalue weighted by Gasteiger charge is -2.20. The fraction of sp³-hybridized carbons (Fsp3) is 0.846. The van der Waals surface area contributed by atoms with E-state index in [0.29, 0.717) is 0 Å². The zero-order valence-corrected chi connectivity index (χ0v) is 11.5. The van der Waals surface area contributed by atoms with E-state index in [-0.39, 0.29) is 11.9 Å². The first-order valence-corrected chi connectivity index (χ1v) is 6.47. The Hall–Kier alpha value is -1.08. The zero-order valence-electron chi connectivity index (χ0n) is 11.5. The van der Waals surface area contributed by atoms with Gasteiger partial charge in [0.1, 0.15) is 5.92 Å². The normalized spacial score (nSPS) is 14.1. The Morgan fingerprint density at radius 1 is 1.35 bits per heavy atom. The molecular formula is C13H25N3O. The third-order valence-corrected chi connectivity index (χ3v) is 2.98. The van der Waals surface area contributed by atoms with Crippen LogP contribution in [-0.4, -0.2) is 36.5 Å². The minimum absolute atomic E-state index is 0.147. The number of nitriles is 1. The molecule has 0 aliphatic rings. The molecule has 4 nitrogen and oxygen atoms in total. The van der Waals surface area contributed by atoms with Crippen LogP contribution < -0.4 is 5.32 Å². The van der Waals surface area contributed by atoms with Gasteiger partial charge in [-0.25, -0.2) is 0 Å². The second-order valence-electron chi connectivity index (χ2n) is 4.43. The van der Waals surface area contributed by atoms with Crippen LogP contribution in [0.1, 0.15) is 40.5 Å². The highest BCUT2D eigenvalue weighted by molar-refractivity contribution is 5.80. The van der Waals surface area contributed by atoms with Gasteiger partial charge in [-0.2, -0.15) is 5.26 Å². The SMILES string of the molecule is CCN(CC)CCCC(C)NC(=O)C(C)C#N. The maximum Gasteiger partial charge on any atom is 0.237 e. The summed E-state index contributed by atoms with van der Waals surface area (Å²) >= 11 is 0. The zero-order chi connectivity index (χ0) is 13.3. The van der Waals surface area contributed by atoms with Crippen molar-refractivity contribution < 1.29 is 4.79 Å². The van der Waals surface area contributed by atoms with Crippen LogP contribution in [-0.2, 0) is 4.79 Å². The molecule has 0 bridgehead atoms. The molecule has 0 rings (SSSR count). The number of hydrogen-bond acceptors (Lipinski definition) is 3. The molecule has 0 radical (unpaired) electrons. The Labute approximate surface area is 105 Å². The fourth-order valence-electron chi connectivity index (χ4n) is 1.66. The van der Waals surface area contributed by atoms with E-state index in [0.717, 1.165) is 32.5 Å². The van der Waals surface area contributed by atoms with Crippen LogP contribution in [0.25, 0.3) is 0 Å². The standard InChI is InChI=1S/C13H25N3O/c1-5-16(6-2)9-7-8-12(4)15-13(17)11(3)10-14/h11-12H,5-9H2,1-4H3,(H,15,17). The largest absolute Gasteiger partial charge is 0.353 e. The second-order valence-corrected chi connectivity index (χ2v) is 4.43. The first-order chi connectivity index (χ1) is 8.04. The average molecular weight is 239 g/mol. The Balaban J connectivity index is 3.77. The summed E-state index contributed by atoms with van der Waals surface area (Å²) in [5.74, 6) is -0.719. The predicted molar refractivity (Wildman–Crippen MR) is 69.4 cm³/mol. The molecule has 1 N–H and O–H groups in total. The smallest absolute Gasteiger partial charge is 0.237 e. The summed E-state index contributed by atoms with van der Waals surface area (Å²) in [4.78, 5) is 13.8. The minimum atomic E-state index is -0.555. The van der Waals surface area contributed by atoms with Crippen molar-refractivity contribution in [2.45, 2.75) is 46.6 Å². The third kappa shape index (κ3) is 6.96. The summed E-state index contributed by atoms with van der Waals surface area (Å²) in [6.45, 7) is 11.1. The molecule has 2 atom stereocenters. The summed E-state index contributed by atoms with van der Waals surface area (Å²) in [6, 6.07) is 2.09. The molecule has 0 aromatic carbocycles. The van der Waals surface area contributed by atoms with Crippen molar-refractivity contribution in [3.8, 4) is 6.07 Å². The molecule has 0 aromatic rings. The molecule has 0 aliphatic carbocycles. The lowest BCUT2D eigenvalue weighted by molar-refractivity contribution is -0.123. The highest BCUT2D eigenvalue weighted by atomic mass is 16.1. The molecule has 0 heterocycles. The molecule has 0 aliphatic heterocycles. The minimum Gasteiger partial charge on any atom is -0.353 e. The van der Waals surface area contributed by atoms with Crippen molar-refractivity contribution in [2.75, 3.05) is 19.6 Å². The number of amides is 1. The van der Waals surface area contributed by atoms with Crippen LogP contribution in [0.15, 0.2) is 0 Å². The van der Waals surface area contributed by atoms with Gasteiger partial charge in [0.15, 0.2) is 0 Å². The maximum absolute atomic E-state index is 11.4. The van der Waals surface area contributed by atoms with Gasteiger partial charge in [0, 0.05) is 6.04 Å². The molecule has 0 spiro atoms. The number of rotatable bonds is 8. The first kappa shape index (κ1) is 15.9. The average Bonchev–Trinajstić information content (AvgIpc) is 2.33. The summed E-state index contributed by atoms with van der Waals surface area (Å²) in [5.41, 5.74) is 0. The number of hydrogen-bond donors (Lipinski definition) is 1. The molecule has 4 heteroatoms. The molecule has 0 aromatic heterocycles. The number of carbonyl (C=O) groups excluding carboxylic acids is 1. The molecule has 0 saturated heterocycles. The third-order valence-electron chi connectivity index (χ3n) is 2.98. The van der Waals surface area contributed by atoms with Gasteiger partial charge in [-0.15, -0.1) is 0 Å². The van der Waals surface area contributed by atoms with Crippen LogP contribution >= 0.6 is 0 Å². The highest BCUT2D eigenvalue weighted by Crippen LogP contribution is 2.01. The monoisotopic (exact) mass is 239 g/mol. The van der Waals surface area contributed by atoms with E-state index in [9.17, 15) is 4.79 Å². The van der Waals surface area contributed by atoms with Crippen LogP contribution in [0, 0.1) is 17.2 Å². The van der Waals surface area contributed by atoms with Crippen molar-refractivity contribution in [1.29, 1.82) is 5.26 Å². The topological polar surface area (TPSA) is 56.1 Å². The number of carbonyl (C=O) groups is 1. The summed E-state index contributed by atoms with van der Waals surface area (Å²) < 4.78 is 0. The van der Waals surface area contributed by atoms with Crippen LogP contribution in [0.3, 0.4) is 0 Å². The predicted octanol–water partition coefficient (Wildman–Crippen LogP) is 1.77. The molecule has 0 fully saturated rings. The van der Waals surface area contributed by atoms with Crippen LogP contribution in [0.5, 0.6) is 0 Å². The molecule has 0 saturated carbocycles. The molecule has 98 valence electrons. The Kier molecular flexibility index (Phi) is 8.43. The van der Waals surface area contributed by atoms with E-state index in [1.165, 1.54) is 0 Å². The first-order valence-electron chi connectivity index (χ1n) is 6.47. The van der Waals surface area contributed by atoms with Crippen molar-refractivity contribution in [1.82, 2.24) is 10.2 Å². The fourth-order valence-corrected chi connectivity index (χ4v) is 1.66. The molecule has 1 amide bonds. The summed E-state index contributed by atoms with van der Waals surface area (Å²) in [6.07, 6.45) is 2.03. The second kappa shape index (κ2) is 9.00. The van der Waals surface area contributed by atoms with Crippen molar-refractivity contribution >= 4 is 5.91 Å². The van der Waals surface area contributed by atoms with Gasteiger partial charge in [-0.3, -0.25) is 4.79 Å².